The molecule has 0 unspecified atom stereocenters. The van der Waals surface area contributed by atoms with Gasteiger partial charge in [-0.1, -0.05) is 142 Å². The van der Waals surface area contributed by atoms with Gasteiger partial charge in [-0.15, -0.1) is 0 Å². The van der Waals surface area contributed by atoms with Crippen LogP contribution in [-0.4, -0.2) is 24.5 Å². The highest BCUT2D eigenvalue weighted by Gasteiger charge is 2.22. The lowest BCUT2D eigenvalue weighted by atomic mass is 9.88. The van der Waals surface area contributed by atoms with E-state index in [1.165, 1.54) is 17.7 Å². The quantitative estimate of drug-likeness (QED) is 0.173. The molecule has 0 amide bonds. The second-order valence-corrected chi connectivity index (χ2v) is 14.5. The Bertz CT molecular complexity index is 2760. The summed E-state index contributed by atoms with van der Waals surface area (Å²) in [6.45, 7) is 6.64. The average molecular weight is 702 g/mol. The van der Waals surface area contributed by atoms with Gasteiger partial charge in [0.15, 0.2) is 17.5 Å². The third-order valence-corrected chi connectivity index (χ3v) is 9.95. The lowest BCUT2D eigenvalue weighted by Gasteiger charge is -2.20. The number of pyridine rings is 1. The highest BCUT2D eigenvalue weighted by molar-refractivity contribution is 6.10. The monoisotopic (exact) mass is 701 g/mol. The topological polar surface area (TPSA) is 56.5 Å². The fraction of sp³-hybridized carbons (Fsp3) is 0.0833. The normalized spacial score (nSPS) is 11.7. The Hall–Kier alpha value is -6.79. The average Bonchev–Trinajstić information content (AvgIpc) is 3.54. The zero-order chi connectivity index (χ0) is 36.8. The summed E-state index contributed by atoms with van der Waals surface area (Å²) in [5.41, 5.74) is 9.48. The maximum absolute atomic E-state index is 14.8. The van der Waals surface area contributed by atoms with Crippen molar-refractivity contribution in [2.24, 2.45) is 0 Å². The zero-order valence-corrected chi connectivity index (χ0v) is 30.2. The Labute approximate surface area is 313 Å². The van der Waals surface area contributed by atoms with E-state index in [1.807, 2.05) is 48.7 Å². The molecule has 0 radical (unpaired) electrons. The van der Waals surface area contributed by atoms with E-state index in [4.69, 9.17) is 19.9 Å². The molecule has 260 valence electrons. The molecule has 54 heavy (non-hydrogen) atoms. The predicted octanol–water partition coefficient (Wildman–Crippen LogP) is 12.1. The van der Waals surface area contributed by atoms with Gasteiger partial charge in [0.2, 0.25) is 0 Å². The summed E-state index contributed by atoms with van der Waals surface area (Å²) in [7, 11) is 0. The van der Waals surface area contributed by atoms with Crippen molar-refractivity contribution < 1.29 is 4.39 Å². The van der Waals surface area contributed by atoms with Crippen molar-refractivity contribution in [1.82, 2.24) is 24.5 Å². The van der Waals surface area contributed by atoms with Gasteiger partial charge in [-0.2, -0.15) is 0 Å². The van der Waals surface area contributed by atoms with Crippen LogP contribution in [0.2, 0.25) is 0 Å². The molecule has 9 rings (SSSR count). The van der Waals surface area contributed by atoms with Gasteiger partial charge in [-0.25, -0.2) is 24.3 Å². The minimum atomic E-state index is -0.360. The first-order chi connectivity index (χ1) is 26.3. The third-order valence-electron chi connectivity index (χ3n) is 9.95. The molecule has 3 aromatic heterocycles. The summed E-state index contributed by atoms with van der Waals surface area (Å²) in [6, 6.07) is 52.2. The number of hydrogen-bond donors (Lipinski definition) is 0. The summed E-state index contributed by atoms with van der Waals surface area (Å²) in [5, 5.41) is 2.22. The molecule has 0 saturated carbocycles. The highest BCUT2D eigenvalue weighted by Crippen LogP contribution is 2.40. The van der Waals surface area contributed by atoms with Crippen LogP contribution in [0.4, 0.5) is 4.39 Å². The summed E-state index contributed by atoms with van der Waals surface area (Å²) in [4.78, 5) is 20.3. The first-order valence-electron chi connectivity index (χ1n) is 18.1. The van der Waals surface area contributed by atoms with Crippen LogP contribution < -0.4 is 0 Å². The molecular formula is C48H36FN5. The van der Waals surface area contributed by atoms with Crippen molar-refractivity contribution in [3.8, 4) is 62.2 Å². The maximum atomic E-state index is 14.8. The molecule has 0 aliphatic carbocycles. The van der Waals surface area contributed by atoms with Crippen LogP contribution in [0.15, 0.2) is 164 Å². The fourth-order valence-electron chi connectivity index (χ4n) is 7.25. The molecular weight excluding hydrogens is 666 g/mol. The first-order valence-corrected chi connectivity index (χ1v) is 18.1. The minimum absolute atomic E-state index is 0.0507. The molecule has 0 spiro atoms. The van der Waals surface area contributed by atoms with Crippen molar-refractivity contribution >= 4 is 21.8 Å². The third kappa shape index (κ3) is 6.01. The molecule has 6 aromatic carbocycles. The van der Waals surface area contributed by atoms with Gasteiger partial charge in [-0.3, -0.25) is 4.57 Å². The Balaban J connectivity index is 1.32. The van der Waals surface area contributed by atoms with E-state index in [2.05, 4.69) is 122 Å². The number of halogens is 1. The molecule has 0 bridgehead atoms. The summed E-state index contributed by atoms with van der Waals surface area (Å²) in [6.07, 6.45) is 1.89. The van der Waals surface area contributed by atoms with Gasteiger partial charge in [0.25, 0.3) is 0 Å². The van der Waals surface area contributed by atoms with E-state index in [9.17, 15) is 4.39 Å². The van der Waals surface area contributed by atoms with Crippen molar-refractivity contribution in [1.29, 1.82) is 0 Å². The number of rotatable bonds is 6. The number of benzene rings is 6. The zero-order valence-electron chi connectivity index (χ0n) is 30.2. The second kappa shape index (κ2) is 13.3. The maximum Gasteiger partial charge on any atom is 0.165 e. The predicted molar refractivity (Wildman–Crippen MR) is 218 cm³/mol. The molecule has 0 N–H and O–H groups in total. The number of fused-ring (bicyclic) bond motifs is 3. The lowest BCUT2D eigenvalue weighted by molar-refractivity contribution is 0.588. The van der Waals surface area contributed by atoms with Crippen LogP contribution in [0.5, 0.6) is 0 Å². The molecule has 0 aliphatic heterocycles. The Morgan fingerprint density at radius 1 is 0.481 bits per heavy atom. The van der Waals surface area contributed by atoms with Crippen molar-refractivity contribution in [3.05, 3.63) is 175 Å². The van der Waals surface area contributed by atoms with Gasteiger partial charge >= 0.3 is 0 Å². The van der Waals surface area contributed by atoms with Gasteiger partial charge in [0.1, 0.15) is 11.6 Å². The van der Waals surface area contributed by atoms with Gasteiger partial charge in [0.05, 0.1) is 11.0 Å². The number of para-hydroxylation sites is 1. The molecule has 0 fully saturated rings. The van der Waals surface area contributed by atoms with Gasteiger partial charge in [-0.05, 0) is 69.6 Å². The molecule has 6 heteroatoms. The van der Waals surface area contributed by atoms with E-state index in [-0.39, 0.29) is 11.2 Å². The fourth-order valence-corrected chi connectivity index (χ4v) is 7.25. The second-order valence-electron chi connectivity index (χ2n) is 14.5. The van der Waals surface area contributed by atoms with E-state index >= 15 is 0 Å². The molecule has 9 aromatic rings. The first kappa shape index (κ1) is 33.1. The standard InChI is InChI=1S/C48H36FN5/c1-48(2,3)35-26-27-50-43(30-35)54-41-23-11-10-20-39(41)40-25-24-34(29-42(40)54)46-51-45(33-18-12-19-36(49)28-33)52-47(53-46)44-37(31-14-6-4-7-15-31)21-13-22-38(44)32-16-8-5-9-17-32/h4-30H,1-3H3. The smallest absolute Gasteiger partial charge is 0.165 e. The molecule has 0 atom stereocenters. The minimum Gasteiger partial charge on any atom is -0.294 e. The van der Waals surface area contributed by atoms with Crippen LogP contribution in [-0.2, 0) is 5.41 Å². The van der Waals surface area contributed by atoms with E-state index in [0.717, 1.165) is 61.0 Å². The Morgan fingerprint density at radius 2 is 1.06 bits per heavy atom. The van der Waals surface area contributed by atoms with E-state index in [1.54, 1.807) is 6.07 Å². The van der Waals surface area contributed by atoms with Crippen LogP contribution in [0.25, 0.3) is 84.0 Å². The summed E-state index contributed by atoms with van der Waals surface area (Å²) < 4.78 is 17.0. The Kier molecular flexibility index (Phi) is 8.16. The van der Waals surface area contributed by atoms with Crippen molar-refractivity contribution in [2.75, 3.05) is 0 Å². The van der Waals surface area contributed by atoms with Crippen LogP contribution >= 0.6 is 0 Å². The number of aromatic nitrogens is 5. The largest absolute Gasteiger partial charge is 0.294 e. The summed E-state index contributed by atoms with van der Waals surface area (Å²) in [5.74, 6) is 1.85. The molecule has 3 heterocycles. The van der Waals surface area contributed by atoms with Crippen LogP contribution in [0.1, 0.15) is 26.3 Å². The molecule has 0 saturated heterocycles. The van der Waals surface area contributed by atoms with Crippen LogP contribution in [0, 0.1) is 5.82 Å². The highest BCUT2D eigenvalue weighted by atomic mass is 19.1. The number of nitrogens with zero attached hydrogens (tertiary/aromatic N) is 5. The van der Waals surface area contributed by atoms with Crippen molar-refractivity contribution in [2.45, 2.75) is 26.2 Å². The lowest BCUT2D eigenvalue weighted by Crippen LogP contribution is -2.12. The van der Waals surface area contributed by atoms with Gasteiger partial charge in [0, 0.05) is 33.7 Å². The molecule has 5 nitrogen and oxygen atoms in total. The molecule has 0 aliphatic rings. The Morgan fingerprint density at radius 3 is 1.72 bits per heavy atom. The summed E-state index contributed by atoms with van der Waals surface area (Å²) >= 11 is 0. The van der Waals surface area contributed by atoms with Crippen LogP contribution in [0.3, 0.4) is 0 Å². The number of hydrogen-bond acceptors (Lipinski definition) is 4. The van der Waals surface area contributed by atoms with E-state index in [0.29, 0.717) is 23.0 Å². The van der Waals surface area contributed by atoms with Gasteiger partial charge < -0.3 is 0 Å². The van der Waals surface area contributed by atoms with Crippen molar-refractivity contribution in [3.63, 3.8) is 0 Å². The SMILES string of the molecule is CC(C)(C)c1ccnc(-n2c3ccccc3c3ccc(-c4nc(-c5cccc(F)c5)nc(-c5c(-c6ccccc6)cccc5-c5ccccc5)n4)cc32)c1. The van der Waals surface area contributed by atoms with E-state index < -0.39 is 0 Å².